The summed E-state index contributed by atoms with van der Waals surface area (Å²) in [6, 6.07) is 0. The fourth-order valence-electron chi connectivity index (χ4n) is 0.294. The molecule has 0 aromatic heterocycles. The number of aliphatic hydroxyl groups is 1. The Morgan fingerprint density at radius 1 is 1.55 bits per heavy atom. The Labute approximate surface area is 86.4 Å². The van der Waals surface area contributed by atoms with E-state index in [1.54, 1.807) is 0 Å². The fourth-order valence-corrected chi connectivity index (χ4v) is 1.89. The smallest absolute Gasteiger partial charge is 0.337 e. The second-order valence-electron chi connectivity index (χ2n) is 1.44. The third-order valence-electron chi connectivity index (χ3n) is 0.603. The monoisotopic (exact) mass is 213 g/mol. The first-order valence-corrected chi connectivity index (χ1v) is 5.36. The summed E-state index contributed by atoms with van der Waals surface area (Å²) < 4.78 is 24.0. The van der Waals surface area contributed by atoms with Gasteiger partial charge in [-0.15, -0.1) is 0 Å². The van der Waals surface area contributed by atoms with Crippen molar-refractivity contribution in [2.24, 2.45) is 0 Å². The number of hydrogen-bond acceptors (Lipinski definition) is 4. The molecule has 0 saturated carbocycles. The molecule has 63 valence electrons. The third kappa shape index (κ3) is 9.21. The zero-order chi connectivity index (χ0) is 8.20. The molecule has 2 atom stereocenters. The van der Waals surface area contributed by atoms with Gasteiger partial charge in [0, 0.05) is 29.6 Å². The Morgan fingerprint density at radius 3 is 2.27 bits per heavy atom. The van der Waals surface area contributed by atoms with Gasteiger partial charge in [-0.3, -0.25) is 9.13 Å². The Bertz CT molecular complexity index is 170. The van der Waals surface area contributed by atoms with Crippen LogP contribution in [0.2, 0.25) is 0 Å². The summed E-state index contributed by atoms with van der Waals surface area (Å²) in [7, 11) is -7.40. The quantitative estimate of drug-likeness (QED) is 0.416. The van der Waals surface area contributed by atoms with Crippen molar-refractivity contribution in [3.05, 3.63) is 0 Å². The minimum atomic E-state index is -4.02. The summed E-state index contributed by atoms with van der Waals surface area (Å²) in [6.45, 7) is -0.553. The maximum absolute atomic E-state index is 10.5. The summed E-state index contributed by atoms with van der Waals surface area (Å²) in [5.41, 5.74) is 0. The Hall–Kier alpha value is 1.30. The van der Waals surface area contributed by atoms with Gasteiger partial charge < -0.3 is 14.9 Å². The topological polar surface area (TPSA) is 104 Å². The van der Waals surface area contributed by atoms with Crippen LogP contribution in [-0.4, -0.2) is 57.2 Å². The van der Waals surface area contributed by atoms with Crippen molar-refractivity contribution in [3.8, 4) is 0 Å². The van der Waals surface area contributed by atoms with Crippen molar-refractivity contribution in [2.45, 2.75) is 0 Å². The van der Waals surface area contributed by atoms with Gasteiger partial charge in [-0.05, 0) is 0 Å². The molecule has 0 aliphatic rings. The summed E-state index contributed by atoms with van der Waals surface area (Å²) in [5, 5.41) is 8.13. The van der Waals surface area contributed by atoms with Crippen LogP contribution in [0.5, 0.6) is 0 Å². The van der Waals surface area contributed by atoms with Crippen molar-refractivity contribution in [1.29, 1.82) is 0 Å². The van der Waals surface area contributed by atoms with Crippen LogP contribution in [0.1, 0.15) is 0 Å². The Kier molecular flexibility index (Phi) is 9.12. The van der Waals surface area contributed by atoms with E-state index in [-0.39, 0.29) is 29.6 Å². The molecule has 0 bridgehead atoms. The molecule has 2 unspecified atom stereocenters. The number of aliphatic hydroxyl groups excluding tert-OH is 1. The summed E-state index contributed by atoms with van der Waals surface area (Å²) in [5.74, 6) is 0. The third-order valence-corrected chi connectivity index (χ3v) is 3.13. The van der Waals surface area contributed by atoms with Gasteiger partial charge in [0.15, 0.2) is 0 Å². The van der Waals surface area contributed by atoms with Crippen LogP contribution in [0.15, 0.2) is 0 Å². The molecular weight excluding hydrogens is 205 g/mol. The zero-order valence-electron chi connectivity index (χ0n) is 5.93. The normalized spacial score (nSPS) is 18.1. The number of rotatable bonds is 4. The van der Waals surface area contributed by atoms with Crippen molar-refractivity contribution in [3.63, 3.8) is 0 Å². The minimum Gasteiger partial charge on any atom is -0.396 e. The Morgan fingerprint density at radius 2 is 2.00 bits per heavy atom. The molecule has 6 nitrogen and oxygen atoms in total. The molecule has 0 heterocycles. The molecular formula is C2H8NaO6P2. The molecule has 0 spiro atoms. The molecule has 0 amide bonds. The molecule has 1 radical (unpaired) electrons. The van der Waals surface area contributed by atoms with E-state index in [2.05, 4.69) is 4.31 Å². The maximum Gasteiger partial charge on any atom is 0.337 e. The van der Waals surface area contributed by atoms with E-state index >= 15 is 0 Å². The second-order valence-corrected chi connectivity index (χ2v) is 4.43. The van der Waals surface area contributed by atoms with E-state index in [1.807, 2.05) is 0 Å². The van der Waals surface area contributed by atoms with Gasteiger partial charge in [0.25, 0.3) is 0 Å². The molecule has 0 rings (SSSR count). The van der Waals surface area contributed by atoms with Crippen LogP contribution in [0.4, 0.5) is 0 Å². The first-order valence-electron chi connectivity index (χ1n) is 2.33. The minimum absolute atomic E-state index is 0. The van der Waals surface area contributed by atoms with E-state index in [0.29, 0.717) is 0 Å². The van der Waals surface area contributed by atoms with Gasteiger partial charge in [-0.25, -0.2) is 4.31 Å². The standard InChI is InChI=1S/C2H8O6P2.Na/c3-1-2-10(6,7)8-9(4)5;/h3,9H,1-2H2,(H,4,5)(H,6,7);. The van der Waals surface area contributed by atoms with Gasteiger partial charge in [0.2, 0.25) is 0 Å². The van der Waals surface area contributed by atoms with Crippen LogP contribution in [0, 0.1) is 0 Å². The van der Waals surface area contributed by atoms with Crippen molar-refractivity contribution < 1.29 is 28.3 Å². The van der Waals surface area contributed by atoms with E-state index in [0.717, 1.165) is 0 Å². The molecule has 0 saturated heterocycles. The fraction of sp³-hybridized carbons (Fsp3) is 1.00. The average Bonchev–Trinajstić information content (AvgIpc) is 1.59. The van der Waals surface area contributed by atoms with Crippen LogP contribution in [0.3, 0.4) is 0 Å². The van der Waals surface area contributed by atoms with Crippen molar-refractivity contribution in [1.82, 2.24) is 0 Å². The van der Waals surface area contributed by atoms with Gasteiger partial charge in [0.1, 0.15) is 0 Å². The van der Waals surface area contributed by atoms with Gasteiger partial charge in [-0.1, -0.05) is 0 Å². The van der Waals surface area contributed by atoms with E-state index in [1.165, 1.54) is 0 Å². The van der Waals surface area contributed by atoms with E-state index in [4.69, 9.17) is 14.9 Å². The zero-order valence-corrected chi connectivity index (χ0v) is 9.82. The molecule has 0 aromatic carbocycles. The summed E-state index contributed by atoms with van der Waals surface area (Å²) in [4.78, 5) is 16.5. The SMILES string of the molecule is O=[PH](O)OP(=O)(O)CCO.[Na]. The van der Waals surface area contributed by atoms with Crippen molar-refractivity contribution >= 4 is 45.4 Å². The summed E-state index contributed by atoms with van der Waals surface area (Å²) in [6.07, 6.45) is -0.524. The molecule has 0 aliphatic carbocycles. The molecule has 0 fully saturated rings. The molecule has 9 heteroatoms. The van der Waals surface area contributed by atoms with Crippen LogP contribution >= 0.6 is 15.9 Å². The molecule has 0 aromatic rings. The maximum atomic E-state index is 10.5. The Balaban J connectivity index is 0. The first kappa shape index (κ1) is 14.8. The summed E-state index contributed by atoms with van der Waals surface area (Å²) >= 11 is 0. The van der Waals surface area contributed by atoms with Gasteiger partial charge >= 0.3 is 15.9 Å². The number of hydrogen-bond donors (Lipinski definition) is 3. The second kappa shape index (κ2) is 6.78. The predicted molar refractivity (Wildman–Crippen MR) is 39.8 cm³/mol. The van der Waals surface area contributed by atoms with Gasteiger partial charge in [0.05, 0.1) is 12.8 Å². The molecule has 3 N–H and O–H groups in total. The predicted octanol–water partition coefficient (Wildman–Crippen LogP) is -0.818. The van der Waals surface area contributed by atoms with Crippen LogP contribution < -0.4 is 0 Å². The first-order chi connectivity index (χ1) is 4.48. The van der Waals surface area contributed by atoms with Crippen LogP contribution in [0.25, 0.3) is 0 Å². The van der Waals surface area contributed by atoms with E-state index < -0.39 is 28.6 Å². The average molecular weight is 213 g/mol. The van der Waals surface area contributed by atoms with Crippen molar-refractivity contribution in [2.75, 3.05) is 12.8 Å². The molecule has 11 heavy (non-hydrogen) atoms. The van der Waals surface area contributed by atoms with Crippen LogP contribution in [-0.2, 0) is 13.4 Å². The van der Waals surface area contributed by atoms with E-state index in [9.17, 15) is 9.13 Å². The molecule has 0 aliphatic heterocycles. The largest absolute Gasteiger partial charge is 0.396 e. The van der Waals surface area contributed by atoms with Gasteiger partial charge in [-0.2, -0.15) is 0 Å².